The lowest BCUT2D eigenvalue weighted by Gasteiger charge is -2.60. The monoisotopic (exact) mass is 305 g/mol. The van der Waals surface area contributed by atoms with E-state index in [0.29, 0.717) is 29.4 Å². The molecule has 2 N–H and O–H groups in total. The van der Waals surface area contributed by atoms with Crippen molar-refractivity contribution >= 4 is 5.91 Å². The summed E-state index contributed by atoms with van der Waals surface area (Å²) in [4.78, 5) is 11.8. The predicted octanol–water partition coefficient (Wildman–Crippen LogP) is 3.12. The zero-order valence-electron chi connectivity index (χ0n) is 14.1. The molecule has 3 saturated carbocycles. The van der Waals surface area contributed by atoms with E-state index in [1.54, 1.807) is 0 Å². The first kappa shape index (κ1) is 15.0. The van der Waals surface area contributed by atoms with E-state index in [0.717, 1.165) is 30.6 Å². The molecule has 4 rings (SSSR count). The molecule has 4 aliphatic rings. The highest BCUT2D eigenvalue weighted by molar-refractivity contribution is 5.77. The molecule has 0 spiro atoms. The van der Waals surface area contributed by atoms with Crippen molar-refractivity contribution in [2.75, 3.05) is 6.61 Å². The molecule has 22 heavy (non-hydrogen) atoms. The van der Waals surface area contributed by atoms with Crippen LogP contribution in [0.3, 0.4) is 0 Å². The SMILES string of the molecule is C[C@]12CCC(=O)N[C@@H]1CC[C@@H]1[C@@H]2CC[C@]2(C)C(CO)CC[C@@H]12. The lowest BCUT2D eigenvalue weighted by molar-refractivity contribution is -0.137. The lowest BCUT2D eigenvalue weighted by atomic mass is 9.47. The van der Waals surface area contributed by atoms with Gasteiger partial charge >= 0.3 is 0 Å². The summed E-state index contributed by atoms with van der Waals surface area (Å²) < 4.78 is 0. The van der Waals surface area contributed by atoms with Crippen molar-refractivity contribution in [3.63, 3.8) is 0 Å². The molecular formula is C19H31NO2. The maximum atomic E-state index is 11.8. The van der Waals surface area contributed by atoms with E-state index < -0.39 is 0 Å². The molecule has 1 heterocycles. The van der Waals surface area contributed by atoms with Gasteiger partial charge in [-0.05, 0) is 79.4 Å². The number of nitrogens with one attached hydrogen (secondary N) is 1. The topological polar surface area (TPSA) is 49.3 Å². The van der Waals surface area contributed by atoms with Crippen LogP contribution in [0.4, 0.5) is 0 Å². The van der Waals surface area contributed by atoms with Gasteiger partial charge in [0, 0.05) is 19.1 Å². The van der Waals surface area contributed by atoms with Crippen LogP contribution in [-0.4, -0.2) is 23.7 Å². The second kappa shape index (κ2) is 4.96. The number of rotatable bonds is 1. The molecule has 3 aliphatic carbocycles. The fraction of sp³-hybridized carbons (Fsp3) is 0.947. The largest absolute Gasteiger partial charge is 0.396 e. The first-order valence-electron chi connectivity index (χ1n) is 9.39. The molecule has 0 aromatic carbocycles. The van der Waals surface area contributed by atoms with Crippen molar-refractivity contribution in [3.05, 3.63) is 0 Å². The second-order valence-corrected chi connectivity index (χ2v) is 9.08. The molecule has 1 aliphatic heterocycles. The Balaban J connectivity index is 1.62. The number of amides is 1. The van der Waals surface area contributed by atoms with Crippen molar-refractivity contribution in [1.82, 2.24) is 5.32 Å². The van der Waals surface area contributed by atoms with Gasteiger partial charge in [0.1, 0.15) is 0 Å². The van der Waals surface area contributed by atoms with Gasteiger partial charge in [-0.2, -0.15) is 0 Å². The Kier molecular flexibility index (Phi) is 3.38. The third-order valence-electron chi connectivity index (χ3n) is 8.51. The van der Waals surface area contributed by atoms with Crippen LogP contribution in [0.1, 0.15) is 65.2 Å². The van der Waals surface area contributed by atoms with Crippen LogP contribution >= 0.6 is 0 Å². The Morgan fingerprint density at radius 1 is 1.05 bits per heavy atom. The van der Waals surface area contributed by atoms with Gasteiger partial charge in [0.05, 0.1) is 0 Å². The number of carbonyl (C=O) groups is 1. The molecule has 0 aromatic rings. The van der Waals surface area contributed by atoms with Gasteiger partial charge in [-0.25, -0.2) is 0 Å². The van der Waals surface area contributed by atoms with Gasteiger partial charge < -0.3 is 10.4 Å². The van der Waals surface area contributed by atoms with Gasteiger partial charge in [0.15, 0.2) is 0 Å². The van der Waals surface area contributed by atoms with Gasteiger partial charge in [-0.15, -0.1) is 0 Å². The molecule has 3 heteroatoms. The van der Waals surface area contributed by atoms with Crippen molar-refractivity contribution in [3.8, 4) is 0 Å². The molecule has 1 amide bonds. The van der Waals surface area contributed by atoms with Crippen LogP contribution in [0.15, 0.2) is 0 Å². The van der Waals surface area contributed by atoms with Gasteiger partial charge in [-0.3, -0.25) is 4.79 Å². The summed E-state index contributed by atoms with van der Waals surface area (Å²) >= 11 is 0. The van der Waals surface area contributed by atoms with Crippen molar-refractivity contribution in [2.24, 2.45) is 34.5 Å². The highest BCUT2D eigenvalue weighted by Crippen LogP contribution is 2.65. The van der Waals surface area contributed by atoms with Crippen LogP contribution in [-0.2, 0) is 4.79 Å². The molecule has 3 nitrogen and oxygen atoms in total. The van der Waals surface area contributed by atoms with Crippen LogP contribution in [0.2, 0.25) is 0 Å². The molecular weight excluding hydrogens is 274 g/mol. The fourth-order valence-corrected chi connectivity index (χ4v) is 7.11. The van der Waals surface area contributed by atoms with E-state index >= 15 is 0 Å². The molecule has 0 aromatic heterocycles. The third-order valence-corrected chi connectivity index (χ3v) is 8.51. The van der Waals surface area contributed by atoms with Gasteiger partial charge in [-0.1, -0.05) is 13.8 Å². The average Bonchev–Trinajstić information content (AvgIpc) is 2.84. The molecule has 124 valence electrons. The first-order chi connectivity index (χ1) is 10.5. The highest BCUT2D eigenvalue weighted by Gasteiger charge is 2.60. The highest BCUT2D eigenvalue weighted by atomic mass is 16.3. The molecule has 1 unspecified atom stereocenters. The summed E-state index contributed by atoms with van der Waals surface area (Å²) in [6, 6.07) is 0.411. The zero-order chi connectivity index (χ0) is 15.5. The van der Waals surface area contributed by atoms with Gasteiger partial charge in [0.2, 0.25) is 5.91 Å². The number of piperidine rings is 1. The number of aliphatic hydroxyl groups excluding tert-OH is 1. The Labute approximate surface area is 134 Å². The Morgan fingerprint density at radius 2 is 1.82 bits per heavy atom. The minimum atomic E-state index is 0.266. The summed E-state index contributed by atoms with van der Waals surface area (Å²) in [7, 11) is 0. The standard InChI is InChI=1S/C19H31NO2/c1-18-9-7-15-13(14(18)5-3-12(18)11-21)4-6-16-19(15,2)10-8-17(22)20-16/h12-16,21H,3-11H2,1-2H3,(H,20,22)/t12?,13-,14-,15-,16+,18+,19+/m0/s1. The Bertz CT molecular complexity index is 478. The summed E-state index contributed by atoms with van der Waals surface area (Å²) in [5, 5.41) is 13.1. The predicted molar refractivity (Wildman–Crippen MR) is 86.1 cm³/mol. The summed E-state index contributed by atoms with van der Waals surface area (Å²) in [5.74, 6) is 3.20. The number of hydrogen-bond donors (Lipinski definition) is 2. The van der Waals surface area contributed by atoms with Crippen molar-refractivity contribution < 1.29 is 9.90 Å². The Morgan fingerprint density at radius 3 is 2.59 bits per heavy atom. The summed E-state index contributed by atoms with van der Waals surface area (Å²) in [5.41, 5.74) is 0.687. The van der Waals surface area contributed by atoms with Crippen LogP contribution < -0.4 is 5.32 Å². The zero-order valence-corrected chi connectivity index (χ0v) is 14.1. The minimum Gasteiger partial charge on any atom is -0.396 e. The van der Waals surface area contributed by atoms with E-state index in [-0.39, 0.29) is 5.91 Å². The molecule has 7 atom stereocenters. The number of fused-ring (bicyclic) bond motifs is 5. The number of hydrogen-bond acceptors (Lipinski definition) is 2. The lowest BCUT2D eigenvalue weighted by Crippen LogP contribution is -2.61. The van der Waals surface area contributed by atoms with E-state index in [1.807, 2.05) is 0 Å². The van der Waals surface area contributed by atoms with Crippen LogP contribution in [0, 0.1) is 34.5 Å². The molecule has 0 bridgehead atoms. The number of aliphatic hydroxyl groups is 1. The Hall–Kier alpha value is -0.570. The van der Waals surface area contributed by atoms with E-state index in [9.17, 15) is 9.90 Å². The van der Waals surface area contributed by atoms with E-state index in [4.69, 9.17) is 0 Å². The minimum absolute atomic E-state index is 0.266. The number of carbonyl (C=O) groups excluding carboxylic acids is 1. The van der Waals surface area contributed by atoms with E-state index in [1.165, 1.54) is 38.5 Å². The molecule has 0 radical (unpaired) electrons. The smallest absolute Gasteiger partial charge is 0.220 e. The molecule has 4 fully saturated rings. The van der Waals surface area contributed by atoms with Gasteiger partial charge in [0.25, 0.3) is 0 Å². The third kappa shape index (κ3) is 1.87. The summed E-state index contributed by atoms with van der Waals surface area (Å²) in [6.07, 6.45) is 9.36. The van der Waals surface area contributed by atoms with Crippen LogP contribution in [0.25, 0.3) is 0 Å². The van der Waals surface area contributed by atoms with Crippen molar-refractivity contribution in [2.45, 2.75) is 71.3 Å². The fourth-order valence-electron chi connectivity index (χ4n) is 7.11. The second-order valence-electron chi connectivity index (χ2n) is 9.08. The average molecular weight is 305 g/mol. The van der Waals surface area contributed by atoms with Crippen LogP contribution in [0.5, 0.6) is 0 Å². The maximum absolute atomic E-state index is 11.8. The quantitative estimate of drug-likeness (QED) is 0.782. The van der Waals surface area contributed by atoms with E-state index in [2.05, 4.69) is 19.2 Å². The molecule has 1 saturated heterocycles. The normalized spacial score (nSPS) is 54.1. The first-order valence-corrected chi connectivity index (χ1v) is 9.39. The summed E-state index contributed by atoms with van der Waals surface area (Å²) in [6.45, 7) is 5.29. The van der Waals surface area contributed by atoms with Crippen molar-refractivity contribution in [1.29, 1.82) is 0 Å². The maximum Gasteiger partial charge on any atom is 0.220 e.